The van der Waals surface area contributed by atoms with Crippen molar-refractivity contribution in [1.82, 2.24) is 4.90 Å². The van der Waals surface area contributed by atoms with E-state index in [-0.39, 0.29) is 5.79 Å². The lowest BCUT2D eigenvalue weighted by atomic mass is 10.2. The van der Waals surface area contributed by atoms with Crippen molar-refractivity contribution in [2.75, 3.05) is 33.4 Å². The number of ether oxygens (including phenoxy) is 2. The SMILES string of the molecule is CCOC1(C)CN(C)CCO1. The van der Waals surface area contributed by atoms with Gasteiger partial charge in [-0.1, -0.05) is 0 Å². The highest BCUT2D eigenvalue weighted by Gasteiger charge is 2.30. The average Bonchev–Trinajstić information content (AvgIpc) is 1.86. The summed E-state index contributed by atoms with van der Waals surface area (Å²) in [5.41, 5.74) is 0. The van der Waals surface area contributed by atoms with E-state index in [1.165, 1.54) is 0 Å². The van der Waals surface area contributed by atoms with E-state index in [4.69, 9.17) is 9.47 Å². The molecule has 11 heavy (non-hydrogen) atoms. The summed E-state index contributed by atoms with van der Waals surface area (Å²) in [5.74, 6) is -0.373. The molecule has 3 nitrogen and oxygen atoms in total. The van der Waals surface area contributed by atoms with Gasteiger partial charge in [0.05, 0.1) is 13.2 Å². The molecule has 0 spiro atoms. The van der Waals surface area contributed by atoms with Gasteiger partial charge in [0, 0.05) is 13.2 Å². The first-order valence-corrected chi connectivity index (χ1v) is 4.13. The van der Waals surface area contributed by atoms with E-state index in [1.54, 1.807) is 0 Å². The topological polar surface area (TPSA) is 21.7 Å². The maximum Gasteiger partial charge on any atom is 0.178 e. The van der Waals surface area contributed by atoms with Gasteiger partial charge >= 0.3 is 0 Å². The second-order valence-corrected chi connectivity index (χ2v) is 3.15. The van der Waals surface area contributed by atoms with Crippen LogP contribution in [0.15, 0.2) is 0 Å². The zero-order valence-electron chi connectivity index (χ0n) is 7.59. The minimum absolute atomic E-state index is 0.373. The minimum Gasteiger partial charge on any atom is -0.349 e. The van der Waals surface area contributed by atoms with Gasteiger partial charge in [0.25, 0.3) is 0 Å². The van der Waals surface area contributed by atoms with E-state index in [2.05, 4.69) is 11.9 Å². The van der Waals surface area contributed by atoms with Crippen LogP contribution in [-0.2, 0) is 9.47 Å². The number of hydrogen-bond donors (Lipinski definition) is 0. The molecule has 0 aromatic rings. The Morgan fingerprint density at radius 3 is 2.91 bits per heavy atom. The minimum atomic E-state index is -0.373. The third kappa shape index (κ3) is 2.43. The van der Waals surface area contributed by atoms with Crippen LogP contribution >= 0.6 is 0 Å². The molecule has 66 valence electrons. The van der Waals surface area contributed by atoms with Gasteiger partial charge in [-0.3, -0.25) is 4.90 Å². The van der Waals surface area contributed by atoms with Crippen LogP contribution < -0.4 is 0 Å². The molecule has 0 radical (unpaired) electrons. The maximum atomic E-state index is 5.51. The van der Waals surface area contributed by atoms with Gasteiger partial charge in [0.15, 0.2) is 5.79 Å². The quantitative estimate of drug-likeness (QED) is 0.592. The molecular formula is C8H17NO2. The molecule has 1 aliphatic heterocycles. The van der Waals surface area contributed by atoms with E-state index in [1.807, 2.05) is 13.8 Å². The lowest BCUT2D eigenvalue weighted by Gasteiger charge is -2.38. The fraction of sp³-hybridized carbons (Fsp3) is 1.00. The average molecular weight is 159 g/mol. The van der Waals surface area contributed by atoms with Crippen molar-refractivity contribution in [2.45, 2.75) is 19.6 Å². The van der Waals surface area contributed by atoms with Gasteiger partial charge < -0.3 is 9.47 Å². The summed E-state index contributed by atoms with van der Waals surface area (Å²) in [6, 6.07) is 0. The third-order valence-electron chi connectivity index (χ3n) is 1.89. The summed E-state index contributed by atoms with van der Waals surface area (Å²) in [5, 5.41) is 0. The van der Waals surface area contributed by atoms with E-state index in [0.29, 0.717) is 6.61 Å². The Morgan fingerprint density at radius 1 is 1.64 bits per heavy atom. The molecule has 0 aromatic carbocycles. The van der Waals surface area contributed by atoms with Crippen LogP contribution in [0, 0.1) is 0 Å². The van der Waals surface area contributed by atoms with Crippen LogP contribution in [0.25, 0.3) is 0 Å². The molecule has 1 rings (SSSR count). The smallest absolute Gasteiger partial charge is 0.178 e. The molecule has 1 aliphatic rings. The molecule has 0 amide bonds. The summed E-state index contributed by atoms with van der Waals surface area (Å²) in [6.07, 6.45) is 0. The standard InChI is InChI=1S/C8H17NO2/c1-4-10-8(2)7-9(3)5-6-11-8/h4-7H2,1-3H3. The first-order chi connectivity index (χ1) is 5.16. The predicted octanol–water partition coefficient (Wildman–Crippen LogP) is 0.701. The van der Waals surface area contributed by atoms with Crippen LogP contribution in [0.1, 0.15) is 13.8 Å². The molecule has 0 aromatic heterocycles. The van der Waals surface area contributed by atoms with Gasteiger partial charge in [0.2, 0.25) is 0 Å². The monoisotopic (exact) mass is 159 g/mol. The van der Waals surface area contributed by atoms with Crippen molar-refractivity contribution in [1.29, 1.82) is 0 Å². The number of likely N-dealkylation sites (N-methyl/N-ethyl adjacent to an activating group) is 1. The van der Waals surface area contributed by atoms with Crippen molar-refractivity contribution < 1.29 is 9.47 Å². The number of rotatable bonds is 2. The second-order valence-electron chi connectivity index (χ2n) is 3.15. The highest BCUT2D eigenvalue weighted by molar-refractivity contribution is 4.72. The molecule has 3 heteroatoms. The van der Waals surface area contributed by atoms with Crippen molar-refractivity contribution in [3.8, 4) is 0 Å². The molecule has 1 heterocycles. The summed E-state index contributed by atoms with van der Waals surface area (Å²) < 4.78 is 11.0. The van der Waals surface area contributed by atoms with Gasteiger partial charge in [-0.15, -0.1) is 0 Å². The predicted molar refractivity (Wildman–Crippen MR) is 43.5 cm³/mol. The van der Waals surface area contributed by atoms with Crippen LogP contribution in [0.5, 0.6) is 0 Å². The number of morpholine rings is 1. The third-order valence-corrected chi connectivity index (χ3v) is 1.89. The van der Waals surface area contributed by atoms with Crippen molar-refractivity contribution in [2.24, 2.45) is 0 Å². The molecule has 1 saturated heterocycles. The van der Waals surface area contributed by atoms with Crippen LogP contribution in [0.4, 0.5) is 0 Å². The van der Waals surface area contributed by atoms with Crippen LogP contribution in [0.3, 0.4) is 0 Å². The van der Waals surface area contributed by atoms with Crippen molar-refractivity contribution >= 4 is 0 Å². The Balaban J connectivity index is 2.41. The Bertz CT molecular complexity index is 125. The Labute approximate surface area is 68.3 Å². The Hall–Kier alpha value is -0.120. The maximum absolute atomic E-state index is 5.51. The highest BCUT2D eigenvalue weighted by atomic mass is 16.7. The highest BCUT2D eigenvalue weighted by Crippen LogP contribution is 2.17. The van der Waals surface area contributed by atoms with E-state index in [9.17, 15) is 0 Å². The lowest BCUT2D eigenvalue weighted by Crippen LogP contribution is -2.50. The zero-order valence-corrected chi connectivity index (χ0v) is 7.59. The molecule has 0 N–H and O–H groups in total. The molecule has 1 unspecified atom stereocenters. The van der Waals surface area contributed by atoms with E-state index >= 15 is 0 Å². The molecule has 0 aliphatic carbocycles. The normalized spacial score (nSPS) is 34.1. The Kier molecular flexibility index (Phi) is 2.87. The van der Waals surface area contributed by atoms with Gasteiger partial charge in [-0.25, -0.2) is 0 Å². The molecular weight excluding hydrogens is 142 g/mol. The van der Waals surface area contributed by atoms with Crippen LogP contribution in [0.2, 0.25) is 0 Å². The van der Waals surface area contributed by atoms with Crippen molar-refractivity contribution in [3.05, 3.63) is 0 Å². The summed E-state index contributed by atoms with van der Waals surface area (Å²) >= 11 is 0. The Morgan fingerprint density at radius 2 is 2.36 bits per heavy atom. The number of hydrogen-bond acceptors (Lipinski definition) is 3. The first-order valence-electron chi connectivity index (χ1n) is 4.13. The largest absolute Gasteiger partial charge is 0.349 e. The fourth-order valence-corrected chi connectivity index (χ4v) is 1.43. The first kappa shape index (κ1) is 8.97. The van der Waals surface area contributed by atoms with E-state index < -0.39 is 0 Å². The lowest BCUT2D eigenvalue weighted by molar-refractivity contribution is -0.251. The van der Waals surface area contributed by atoms with Crippen molar-refractivity contribution in [3.63, 3.8) is 0 Å². The van der Waals surface area contributed by atoms with Gasteiger partial charge in [-0.05, 0) is 20.9 Å². The molecule has 0 bridgehead atoms. The summed E-state index contributed by atoms with van der Waals surface area (Å²) in [4.78, 5) is 2.22. The second kappa shape index (κ2) is 3.52. The van der Waals surface area contributed by atoms with Gasteiger partial charge in [-0.2, -0.15) is 0 Å². The van der Waals surface area contributed by atoms with Crippen LogP contribution in [-0.4, -0.2) is 44.0 Å². The fourth-order valence-electron chi connectivity index (χ4n) is 1.43. The molecule has 0 saturated carbocycles. The summed E-state index contributed by atoms with van der Waals surface area (Å²) in [6.45, 7) is 7.33. The zero-order chi connectivity index (χ0) is 8.32. The molecule has 1 atom stereocenters. The summed E-state index contributed by atoms with van der Waals surface area (Å²) in [7, 11) is 2.08. The number of nitrogens with zero attached hydrogens (tertiary/aromatic N) is 1. The van der Waals surface area contributed by atoms with Gasteiger partial charge in [0.1, 0.15) is 0 Å². The van der Waals surface area contributed by atoms with E-state index in [0.717, 1.165) is 19.7 Å². The molecule has 1 fully saturated rings.